The maximum absolute atomic E-state index is 12.4. The number of oxazole rings is 1. The minimum absolute atomic E-state index is 0.326. The second-order valence-electron chi connectivity index (χ2n) is 6.80. The number of benzene rings is 2. The largest absolute Gasteiger partial charge is 0.440 e. The molecule has 3 amide bonds. The third-order valence-electron chi connectivity index (χ3n) is 4.79. The van der Waals surface area contributed by atoms with Gasteiger partial charge in [-0.05, 0) is 43.2 Å². The Morgan fingerprint density at radius 2 is 1.81 bits per heavy atom. The molecule has 3 aromatic rings. The van der Waals surface area contributed by atoms with E-state index in [1.165, 1.54) is 0 Å². The third-order valence-corrected chi connectivity index (χ3v) is 4.79. The molecule has 0 spiro atoms. The number of hydrogen-bond donors (Lipinski definition) is 1. The Morgan fingerprint density at radius 1 is 1.11 bits per heavy atom. The first-order chi connectivity index (χ1) is 13.1. The number of carbonyl (C=O) groups is 3. The summed E-state index contributed by atoms with van der Waals surface area (Å²) in [6.07, 6.45) is 2.19. The Hall–Kier alpha value is -3.48. The van der Waals surface area contributed by atoms with E-state index in [0.29, 0.717) is 33.8 Å². The van der Waals surface area contributed by atoms with Crippen molar-refractivity contribution in [1.29, 1.82) is 0 Å². The van der Waals surface area contributed by atoms with E-state index >= 15 is 0 Å². The highest BCUT2D eigenvalue weighted by Crippen LogP contribution is 2.40. The number of carbonyl (C=O) groups excluding carboxylic acids is 3. The van der Waals surface area contributed by atoms with Crippen molar-refractivity contribution < 1.29 is 18.8 Å². The monoisotopic (exact) mass is 361 g/mol. The number of rotatable bonds is 4. The molecule has 7 nitrogen and oxygen atoms in total. The van der Waals surface area contributed by atoms with Crippen molar-refractivity contribution in [3.8, 4) is 0 Å². The number of amides is 3. The average molecular weight is 361 g/mol. The first kappa shape index (κ1) is 15.7. The van der Waals surface area contributed by atoms with Gasteiger partial charge in [0.25, 0.3) is 11.8 Å². The number of hydrogen-bond acceptors (Lipinski definition) is 5. The first-order valence-corrected chi connectivity index (χ1v) is 8.76. The zero-order valence-corrected chi connectivity index (χ0v) is 14.3. The molecular formula is C20H15N3O4. The SMILES string of the molecule is O=C(CN1C(=O)c2ccccc2C1=O)Nc1ccc2oc(C3CC3)nc2c1. The maximum atomic E-state index is 12.4. The number of aromatic nitrogens is 1. The van der Waals surface area contributed by atoms with Gasteiger partial charge in [-0.2, -0.15) is 0 Å². The molecule has 0 radical (unpaired) electrons. The van der Waals surface area contributed by atoms with E-state index < -0.39 is 17.7 Å². The molecule has 0 unspecified atom stereocenters. The predicted octanol–water partition coefficient (Wildman–Crippen LogP) is 2.94. The van der Waals surface area contributed by atoms with Crippen LogP contribution in [0.25, 0.3) is 11.1 Å². The van der Waals surface area contributed by atoms with Crippen molar-refractivity contribution in [2.45, 2.75) is 18.8 Å². The predicted molar refractivity (Wildman–Crippen MR) is 96.4 cm³/mol. The van der Waals surface area contributed by atoms with Gasteiger partial charge in [-0.1, -0.05) is 12.1 Å². The van der Waals surface area contributed by atoms with Crippen LogP contribution in [-0.2, 0) is 4.79 Å². The summed E-state index contributed by atoms with van der Waals surface area (Å²) < 4.78 is 5.70. The van der Waals surface area contributed by atoms with Crippen LogP contribution in [0.15, 0.2) is 46.9 Å². The Bertz CT molecular complexity index is 1080. The van der Waals surface area contributed by atoms with Gasteiger partial charge in [-0.15, -0.1) is 0 Å². The summed E-state index contributed by atoms with van der Waals surface area (Å²) in [4.78, 5) is 42.5. The van der Waals surface area contributed by atoms with Gasteiger partial charge in [-0.3, -0.25) is 19.3 Å². The molecular weight excluding hydrogens is 346 g/mol. The number of anilines is 1. The average Bonchev–Trinajstić information content (AvgIpc) is 3.39. The van der Waals surface area contributed by atoms with Crippen molar-refractivity contribution in [1.82, 2.24) is 9.88 Å². The quantitative estimate of drug-likeness (QED) is 0.721. The van der Waals surface area contributed by atoms with E-state index in [-0.39, 0.29) is 6.54 Å². The summed E-state index contributed by atoms with van der Waals surface area (Å²) in [7, 11) is 0. The fraction of sp³-hybridized carbons (Fsp3) is 0.200. The van der Waals surface area contributed by atoms with Gasteiger partial charge in [0, 0.05) is 11.6 Å². The molecule has 1 saturated carbocycles. The number of imide groups is 1. The first-order valence-electron chi connectivity index (χ1n) is 8.76. The molecule has 27 heavy (non-hydrogen) atoms. The molecule has 2 aliphatic rings. The van der Waals surface area contributed by atoms with Gasteiger partial charge >= 0.3 is 0 Å². The molecule has 2 heterocycles. The van der Waals surface area contributed by atoms with Crippen LogP contribution >= 0.6 is 0 Å². The maximum Gasteiger partial charge on any atom is 0.262 e. The zero-order valence-electron chi connectivity index (χ0n) is 14.3. The lowest BCUT2D eigenvalue weighted by molar-refractivity contribution is -0.116. The van der Waals surface area contributed by atoms with E-state index in [1.807, 2.05) is 0 Å². The van der Waals surface area contributed by atoms with Gasteiger partial charge in [0.1, 0.15) is 12.1 Å². The topological polar surface area (TPSA) is 92.5 Å². The number of nitrogens with zero attached hydrogens (tertiary/aromatic N) is 2. The molecule has 1 aliphatic heterocycles. The highest BCUT2D eigenvalue weighted by molar-refractivity contribution is 6.22. The van der Waals surface area contributed by atoms with Crippen LogP contribution in [0.3, 0.4) is 0 Å². The summed E-state index contributed by atoms with van der Waals surface area (Å²) in [5.74, 6) is -0.211. The fourth-order valence-electron chi connectivity index (χ4n) is 3.25. The highest BCUT2D eigenvalue weighted by Gasteiger charge is 2.36. The Morgan fingerprint density at radius 3 is 2.48 bits per heavy atom. The minimum atomic E-state index is -0.452. The van der Waals surface area contributed by atoms with Gasteiger partial charge in [-0.25, -0.2) is 4.98 Å². The number of nitrogens with one attached hydrogen (secondary N) is 1. The standard InChI is InChI=1S/C20H15N3O4/c24-17(10-23-19(25)13-3-1-2-4-14(13)20(23)26)21-12-7-8-16-15(9-12)22-18(27-16)11-5-6-11/h1-4,7-9,11H,5-6,10H2,(H,21,24). The van der Waals surface area contributed by atoms with E-state index in [0.717, 1.165) is 23.6 Å². The van der Waals surface area contributed by atoms with Gasteiger partial charge in [0.05, 0.1) is 11.1 Å². The summed E-state index contributed by atoms with van der Waals surface area (Å²) in [5, 5.41) is 2.72. The van der Waals surface area contributed by atoms with E-state index in [4.69, 9.17) is 4.42 Å². The zero-order chi connectivity index (χ0) is 18.5. The van der Waals surface area contributed by atoms with Crippen LogP contribution in [0.5, 0.6) is 0 Å². The molecule has 5 rings (SSSR count). The van der Waals surface area contributed by atoms with Crippen LogP contribution in [0, 0.1) is 0 Å². The van der Waals surface area contributed by atoms with Gasteiger partial charge in [0.2, 0.25) is 5.91 Å². The molecule has 0 bridgehead atoms. The Balaban J connectivity index is 1.31. The molecule has 1 aromatic heterocycles. The van der Waals surface area contributed by atoms with Crippen molar-refractivity contribution in [3.05, 3.63) is 59.5 Å². The van der Waals surface area contributed by atoms with Crippen molar-refractivity contribution in [2.24, 2.45) is 0 Å². The molecule has 0 saturated heterocycles. The van der Waals surface area contributed by atoms with Gasteiger partial charge < -0.3 is 9.73 Å². The summed E-state index contributed by atoms with van der Waals surface area (Å²) in [6, 6.07) is 11.8. The minimum Gasteiger partial charge on any atom is -0.440 e. The number of fused-ring (bicyclic) bond motifs is 2. The molecule has 7 heteroatoms. The van der Waals surface area contributed by atoms with Crippen molar-refractivity contribution >= 4 is 34.5 Å². The smallest absolute Gasteiger partial charge is 0.262 e. The molecule has 1 N–H and O–H groups in total. The van der Waals surface area contributed by atoms with Crippen LogP contribution < -0.4 is 5.32 Å². The second-order valence-corrected chi connectivity index (χ2v) is 6.80. The van der Waals surface area contributed by atoms with Crippen molar-refractivity contribution in [3.63, 3.8) is 0 Å². The van der Waals surface area contributed by atoms with E-state index in [9.17, 15) is 14.4 Å². The van der Waals surface area contributed by atoms with Crippen molar-refractivity contribution in [2.75, 3.05) is 11.9 Å². The fourth-order valence-corrected chi connectivity index (χ4v) is 3.25. The lowest BCUT2D eigenvalue weighted by atomic mass is 10.1. The molecule has 2 aromatic carbocycles. The van der Waals surface area contributed by atoms with Crippen LogP contribution in [0.2, 0.25) is 0 Å². The normalized spacial score (nSPS) is 16.1. The van der Waals surface area contributed by atoms with E-state index in [1.54, 1.807) is 42.5 Å². The summed E-state index contributed by atoms with van der Waals surface area (Å²) in [6.45, 7) is -0.337. The molecule has 1 aliphatic carbocycles. The van der Waals surface area contributed by atoms with Gasteiger partial charge in [0.15, 0.2) is 11.5 Å². The molecule has 1 fully saturated rings. The second kappa shape index (κ2) is 5.77. The Kier molecular flexibility index (Phi) is 3.36. The highest BCUT2D eigenvalue weighted by atomic mass is 16.3. The molecule has 134 valence electrons. The summed E-state index contributed by atoms with van der Waals surface area (Å²) in [5.41, 5.74) is 2.55. The Labute approximate surface area is 154 Å². The van der Waals surface area contributed by atoms with Crippen LogP contribution in [0.1, 0.15) is 45.4 Å². The van der Waals surface area contributed by atoms with Crippen LogP contribution in [-0.4, -0.2) is 34.2 Å². The lowest BCUT2D eigenvalue weighted by Crippen LogP contribution is -2.37. The summed E-state index contributed by atoms with van der Waals surface area (Å²) >= 11 is 0. The van der Waals surface area contributed by atoms with E-state index in [2.05, 4.69) is 10.3 Å². The van der Waals surface area contributed by atoms with Crippen LogP contribution in [0.4, 0.5) is 5.69 Å². The molecule has 0 atom stereocenters. The lowest BCUT2D eigenvalue weighted by Gasteiger charge is -2.13. The third kappa shape index (κ3) is 2.68.